The summed E-state index contributed by atoms with van der Waals surface area (Å²) in [5.41, 5.74) is 1.63. The van der Waals surface area contributed by atoms with Gasteiger partial charge in [-0.15, -0.1) is 5.10 Å². The van der Waals surface area contributed by atoms with E-state index in [9.17, 15) is 4.79 Å². The fraction of sp³-hybridized carbons (Fsp3) is 0.438. The van der Waals surface area contributed by atoms with Crippen LogP contribution in [0.4, 0.5) is 0 Å². The summed E-state index contributed by atoms with van der Waals surface area (Å²) in [7, 11) is 4.10. The lowest BCUT2D eigenvalue weighted by Gasteiger charge is -2.27. The molecule has 1 saturated heterocycles. The number of hydrogen-bond donors (Lipinski definition) is 0. The van der Waals surface area contributed by atoms with Gasteiger partial charge in [-0.3, -0.25) is 4.79 Å². The summed E-state index contributed by atoms with van der Waals surface area (Å²) in [5.74, 6) is 0.120. The van der Waals surface area contributed by atoms with Crippen LogP contribution in [0.2, 0.25) is 0 Å². The SMILES string of the molecule is CN(C)C[C@H]1CCCN1C(=O)c1ccc(-n2ccnn2)cc1. The number of benzene rings is 1. The number of hydrogen-bond acceptors (Lipinski definition) is 4. The van der Waals surface area contributed by atoms with Crippen molar-refractivity contribution in [3.63, 3.8) is 0 Å². The van der Waals surface area contributed by atoms with Gasteiger partial charge in [0.05, 0.1) is 18.1 Å². The number of amides is 1. The van der Waals surface area contributed by atoms with E-state index in [1.165, 1.54) is 0 Å². The number of likely N-dealkylation sites (tertiary alicyclic amines) is 1. The van der Waals surface area contributed by atoms with Gasteiger partial charge >= 0.3 is 0 Å². The topological polar surface area (TPSA) is 54.3 Å². The van der Waals surface area contributed by atoms with E-state index in [-0.39, 0.29) is 5.91 Å². The van der Waals surface area contributed by atoms with Crippen molar-refractivity contribution >= 4 is 5.91 Å². The zero-order chi connectivity index (χ0) is 15.5. The molecule has 6 nitrogen and oxygen atoms in total. The molecule has 1 fully saturated rings. The van der Waals surface area contributed by atoms with Crippen LogP contribution in [-0.4, -0.2) is 63.9 Å². The largest absolute Gasteiger partial charge is 0.334 e. The van der Waals surface area contributed by atoms with Crippen LogP contribution in [0.15, 0.2) is 36.7 Å². The molecule has 22 heavy (non-hydrogen) atoms. The summed E-state index contributed by atoms with van der Waals surface area (Å²) in [5, 5.41) is 7.74. The molecule has 1 aromatic carbocycles. The number of carbonyl (C=O) groups excluding carboxylic acids is 1. The molecule has 2 aromatic rings. The smallest absolute Gasteiger partial charge is 0.254 e. The van der Waals surface area contributed by atoms with Gasteiger partial charge < -0.3 is 9.80 Å². The second-order valence-corrected chi connectivity index (χ2v) is 5.95. The summed E-state index contributed by atoms with van der Waals surface area (Å²) < 4.78 is 1.68. The van der Waals surface area contributed by atoms with Gasteiger partial charge in [-0.05, 0) is 51.2 Å². The second-order valence-electron chi connectivity index (χ2n) is 5.95. The van der Waals surface area contributed by atoms with E-state index in [1.54, 1.807) is 17.1 Å². The molecule has 6 heteroatoms. The third-order valence-electron chi connectivity index (χ3n) is 4.02. The molecular weight excluding hydrogens is 278 g/mol. The second kappa shape index (κ2) is 6.27. The van der Waals surface area contributed by atoms with Crippen molar-refractivity contribution in [1.29, 1.82) is 0 Å². The number of carbonyl (C=O) groups is 1. The van der Waals surface area contributed by atoms with Crippen LogP contribution in [0.5, 0.6) is 0 Å². The Labute approximate surface area is 130 Å². The third kappa shape index (κ3) is 3.01. The summed E-state index contributed by atoms with van der Waals surface area (Å²) >= 11 is 0. The highest BCUT2D eigenvalue weighted by molar-refractivity contribution is 5.94. The fourth-order valence-electron chi connectivity index (χ4n) is 2.98. The maximum Gasteiger partial charge on any atom is 0.254 e. The minimum atomic E-state index is 0.120. The Balaban J connectivity index is 1.74. The highest BCUT2D eigenvalue weighted by atomic mass is 16.2. The third-order valence-corrected chi connectivity index (χ3v) is 4.02. The number of rotatable bonds is 4. The first kappa shape index (κ1) is 14.7. The molecule has 3 rings (SSSR count). The molecule has 0 aliphatic carbocycles. The molecule has 2 heterocycles. The van der Waals surface area contributed by atoms with Crippen LogP contribution in [0.25, 0.3) is 5.69 Å². The molecular formula is C16H21N5O. The van der Waals surface area contributed by atoms with E-state index in [1.807, 2.05) is 43.3 Å². The summed E-state index contributed by atoms with van der Waals surface area (Å²) in [6.07, 6.45) is 5.59. The predicted molar refractivity (Wildman–Crippen MR) is 84.0 cm³/mol. The molecule has 1 aromatic heterocycles. The van der Waals surface area contributed by atoms with Crippen LogP contribution in [0.3, 0.4) is 0 Å². The van der Waals surface area contributed by atoms with E-state index in [2.05, 4.69) is 15.2 Å². The van der Waals surface area contributed by atoms with Gasteiger partial charge in [-0.1, -0.05) is 5.21 Å². The first-order valence-electron chi connectivity index (χ1n) is 7.57. The van der Waals surface area contributed by atoms with Crippen molar-refractivity contribution in [3.05, 3.63) is 42.2 Å². The van der Waals surface area contributed by atoms with Gasteiger partial charge in [-0.25, -0.2) is 4.68 Å². The summed E-state index contributed by atoms with van der Waals surface area (Å²) in [6.45, 7) is 1.77. The lowest BCUT2D eigenvalue weighted by molar-refractivity contribution is 0.0716. The van der Waals surface area contributed by atoms with Crippen LogP contribution in [0, 0.1) is 0 Å². The van der Waals surface area contributed by atoms with Crippen molar-refractivity contribution < 1.29 is 4.79 Å². The maximum atomic E-state index is 12.7. The first-order valence-corrected chi connectivity index (χ1v) is 7.57. The van der Waals surface area contributed by atoms with E-state index in [0.29, 0.717) is 6.04 Å². The molecule has 1 atom stereocenters. The minimum absolute atomic E-state index is 0.120. The van der Waals surface area contributed by atoms with Gasteiger partial charge in [-0.2, -0.15) is 0 Å². The minimum Gasteiger partial charge on any atom is -0.334 e. The van der Waals surface area contributed by atoms with E-state index < -0.39 is 0 Å². The molecule has 1 aliphatic heterocycles. The molecule has 0 spiro atoms. The Morgan fingerprint density at radius 3 is 2.73 bits per heavy atom. The number of nitrogens with zero attached hydrogens (tertiary/aromatic N) is 5. The highest BCUT2D eigenvalue weighted by Gasteiger charge is 2.29. The lowest BCUT2D eigenvalue weighted by Crippen LogP contribution is -2.41. The highest BCUT2D eigenvalue weighted by Crippen LogP contribution is 2.21. The van der Waals surface area contributed by atoms with Crippen molar-refractivity contribution in [2.45, 2.75) is 18.9 Å². The zero-order valence-electron chi connectivity index (χ0n) is 13.0. The Morgan fingerprint density at radius 2 is 2.09 bits per heavy atom. The molecule has 0 radical (unpaired) electrons. The first-order chi connectivity index (χ1) is 10.6. The molecule has 1 aliphatic rings. The van der Waals surface area contributed by atoms with E-state index in [4.69, 9.17) is 0 Å². The fourth-order valence-corrected chi connectivity index (χ4v) is 2.98. The number of aromatic nitrogens is 3. The van der Waals surface area contributed by atoms with Crippen molar-refractivity contribution in [1.82, 2.24) is 24.8 Å². The van der Waals surface area contributed by atoms with E-state index >= 15 is 0 Å². The maximum absolute atomic E-state index is 12.7. The van der Waals surface area contributed by atoms with Crippen molar-refractivity contribution in [2.75, 3.05) is 27.2 Å². The molecule has 116 valence electrons. The molecule has 1 amide bonds. The Morgan fingerprint density at radius 1 is 1.32 bits per heavy atom. The zero-order valence-corrected chi connectivity index (χ0v) is 13.0. The number of likely N-dealkylation sites (N-methyl/N-ethyl adjacent to an activating group) is 1. The van der Waals surface area contributed by atoms with Gasteiger partial charge in [0.15, 0.2) is 0 Å². The van der Waals surface area contributed by atoms with Gasteiger partial charge in [0.25, 0.3) is 5.91 Å². The normalized spacial score (nSPS) is 18.1. The van der Waals surface area contributed by atoms with E-state index in [0.717, 1.165) is 37.2 Å². The van der Waals surface area contributed by atoms with Gasteiger partial charge in [0.1, 0.15) is 0 Å². The molecule has 0 bridgehead atoms. The van der Waals surface area contributed by atoms with Crippen LogP contribution < -0.4 is 0 Å². The monoisotopic (exact) mass is 299 g/mol. The quantitative estimate of drug-likeness (QED) is 0.857. The standard InChI is InChI=1S/C16H21N5O/c1-19(2)12-15-4-3-10-20(15)16(22)13-5-7-14(8-6-13)21-11-9-17-18-21/h5-9,11,15H,3-4,10,12H2,1-2H3/t15-/m1/s1. The summed E-state index contributed by atoms with van der Waals surface area (Å²) in [4.78, 5) is 16.9. The Bertz CT molecular complexity index is 620. The average Bonchev–Trinajstić information content (AvgIpc) is 3.17. The van der Waals surface area contributed by atoms with Crippen molar-refractivity contribution in [3.8, 4) is 5.69 Å². The lowest BCUT2D eigenvalue weighted by atomic mass is 10.1. The Hall–Kier alpha value is -2.21. The molecule has 0 unspecified atom stereocenters. The Kier molecular flexibility index (Phi) is 4.20. The van der Waals surface area contributed by atoms with Gasteiger partial charge in [0.2, 0.25) is 0 Å². The van der Waals surface area contributed by atoms with Crippen LogP contribution in [-0.2, 0) is 0 Å². The van der Waals surface area contributed by atoms with Gasteiger partial charge in [0, 0.05) is 24.7 Å². The molecule has 0 N–H and O–H groups in total. The van der Waals surface area contributed by atoms with Crippen molar-refractivity contribution in [2.24, 2.45) is 0 Å². The summed E-state index contributed by atoms with van der Waals surface area (Å²) in [6, 6.07) is 7.85. The average molecular weight is 299 g/mol. The predicted octanol–water partition coefficient (Wildman–Crippen LogP) is 1.43. The van der Waals surface area contributed by atoms with Crippen LogP contribution in [0.1, 0.15) is 23.2 Å². The van der Waals surface area contributed by atoms with Crippen LogP contribution >= 0.6 is 0 Å². The molecule has 0 saturated carbocycles.